The summed E-state index contributed by atoms with van der Waals surface area (Å²) in [5, 5.41) is -0.453. The molecule has 1 aliphatic rings. The fourth-order valence-corrected chi connectivity index (χ4v) is 7.48. The Hall–Kier alpha value is -3.42. The van der Waals surface area contributed by atoms with Crippen LogP contribution in [0.5, 0.6) is 5.75 Å². The summed E-state index contributed by atoms with van der Waals surface area (Å²) in [6.45, 7) is 1.39. The van der Waals surface area contributed by atoms with Gasteiger partial charge in [0.25, 0.3) is 5.56 Å². The van der Waals surface area contributed by atoms with Crippen molar-refractivity contribution < 1.29 is 40.3 Å². The number of aromatic nitrogens is 1. The first-order chi connectivity index (χ1) is 20.7. The van der Waals surface area contributed by atoms with Gasteiger partial charge in [-0.1, -0.05) is 35.9 Å². The summed E-state index contributed by atoms with van der Waals surface area (Å²) in [5.41, 5.74) is -3.00. The third-order valence-electron chi connectivity index (χ3n) is 6.88. The van der Waals surface area contributed by atoms with Gasteiger partial charge in [0.2, 0.25) is 5.12 Å². The maximum Gasteiger partial charge on any atom is 0.573 e. The van der Waals surface area contributed by atoms with E-state index in [1.165, 1.54) is 6.92 Å². The number of hydrogen-bond acceptors (Lipinski definition) is 5. The summed E-state index contributed by atoms with van der Waals surface area (Å²) < 4.78 is 101. The predicted molar refractivity (Wildman–Crippen MR) is 154 cm³/mol. The summed E-state index contributed by atoms with van der Waals surface area (Å²) in [5.74, 6) is -1.80. The van der Waals surface area contributed by atoms with E-state index >= 15 is 0 Å². The number of nitrogens with zero attached hydrogens (tertiary/aromatic N) is 1. The zero-order chi connectivity index (χ0) is 32.0. The highest BCUT2D eigenvalue weighted by Gasteiger charge is 2.38. The van der Waals surface area contributed by atoms with Crippen LogP contribution in [0, 0.1) is 12.7 Å². The van der Waals surface area contributed by atoms with Gasteiger partial charge in [-0.25, -0.2) is 4.39 Å². The van der Waals surface area contributed by atoms with E-state index in [0.29, 0.717) is 4.90 Å². The molecule has 44 heavy (non-hydrogen) atoms. The lowest BCUT2D eigenvalue weighted by Crippen LogP contribution is -2.30. The zero-order valence-electron chi connectivity index (χ0n) is 22.4. The monoisotopic (exact) mass is 673 g/mol. The summed E-state index contributed by atoms with van der Waals surface area (Å²) in [7, 11) is 0. The van der Waals surface area contributed by atoms with Crippen molar-refractivity contribution in [3.63, 3.8) is 0 Å². The fourth-order valence-electron chi connectivity index (χ4n) is 4.95. The van der Waals surface area contributed by atoms with Gasteiger partial charge >= 0.3 is 12.5 Å². The van der Waals surface area contributed by atoms with Crippen molar-refractivity contribution in [3.05, 3.63) is 110 Å². The molecule has 230 valence electrons. The Balaban J connectivity index is 1.74. The topological polar surface area (TPSA) is 48.3 Å². The lowest BCUT2D eigenvalue weighted by atomic mass is 9.92. The third kappa shape index (κ3) is 6.50. The molecule has 0 fully saturated rings. The van der Waals surface area contributed by atoms with E-state index in [1.807, 2.05) is 0 Å². The van der Waals surface area contributed by atoms with Crippen molar-refractivity contribution >= 4 is 40.2 Å². The van der Waals surface area contributed by atoms with E-state index in [0.717, 1.165) is 64.5 Å². The quantitative estimate of drug-likeness (QED) is 0.151. The second-order valence-electron chi connectivity index (χ2n) is 9.65. The molecule has 1 unspecified atom stereocenters. The van der Waals surface area contributed by atoms with Gasteiger partial charge in [-0.05, 0) is 72.3 Å². The maximum absolute atomic E-state index is 15.0. The molecule has 0 aliphatic carbocycles. The number of benzene rings is 3. The molecule has 0 amide bonds. The number of hydrogen-bond donors (Lipinski definition) is 0. The van der Waals surface area contributed by atoms with E-state index in [4.69, 9.17) is 11.6 Å². The normalized spacial score (nSPS) is 14.9. The molecule has 0 N–H and O–H groups in total. The Morgan fingerprint density at radius 1 is 1.02 bits per heavy atom. The highest BCUT2D eigenvalue weighted by Crippen LogP contribution is 2.44. The Bertz CT molecular complexity index is 1810. The van der Waals surface area contributed by atoms with Crippen molar-refractivity contribution in [2.24, 2.45) is 0 Å². The van der Waals surface area contributed by atoms with Gasteiger partial charge in [-0.15, -0.1) is 24.9 Å². The van der Waals surface area contributed by atoms with Gasteiger partial charge in [0, 0.05) is 33.2 Å². The van der Waals surface area contributed by atoms with Crippen LogP contribution in [0.1, 0.15) is 28.3 Å². The van der Waals surface area contributed by atoms with Crippen LogP contribution in [0.4, 0.5) is 30.7 Å². The van der Waals surface area contributed by atoms with Gasteiger partial charge in [0.15, 0.2) is 0 Å². The molecule has 5 rings (SSSR count). The summed E-state index contributed by atoms with van der Waals surface area (Å²) in [6.07, 6.45) is -10.6. The Labute approximate surface area is 259 Å². The van der Waals surface area contributed by atoms with Crippen LogP contribution in [-0.4, -0.2) is 21.8 Å². The first kappa shape index (κ1) is 32.0. The number of pyridine rings is 1. The molecule has 0 radical (unpaired) electrons. The van der Waals surface area contributed by atoms with Crippen molar-refractivity contribution in [1.29, 1.82) is 0 Å². The van der Waals surface area contributed by atoms with Crippen LogP contribution < -0.4 is 10.3 Å². The first-order valence-electron chi connectivity index (χ1n) is 12.7. The average Bonchev–Trinajstić information content (AvgIpc) is 3.38. The highest BCUT2D eigenvalue weighted by atomic mass is 35.5. The standard InChI is InChI=1S/C30H19ClF7NO3S2/c1-15-18(13-19-21(29(33,34)35)8-5-9-23(19)32)27-39(24(14-43-27)28(41)44-17-6-3-2-4-7-17)26(40)25(15)20-12-16(10-11-22(20)31)42-30(36,37)38/h2-12,24H,13-14H2,1H3. The number of alkyl halides is 6. The molecule has 3 aromatic carbocycles. The van der Waals surface area contributed by atoms with E-state index < -0.39 is 58.4 Å². The van der Waals surface area contributed by atoms with E-state index in [-0.39, 0.29) is 38.1 Å². The number of thioether (sulfide) groups is 2. The Morgan fingerprint density at radius 3 is 2.39 bits per heavy atom. The highest BCUT2D eigenvalue weighted by molar-refractivity contribution is 8.13. The SMILES string of the molecule is Cc1c(Cc2c(F)cccc2C(F)(F)F)c2n(c(=O)c1-c1cc(OC(F)(F)F)ccc1Cl)C(C(=O)Sc1ccccc1)CS2. The van der Waals surface area contributed by atoms with E-state index in [9.17, 15) is 40.3 Å². The molecule has 4 aromatic rings. The van der Waals surface area contributed by atoms with Crippen LogP contribution in [-0.2, 0) is 17.4 Å². The van der Waals surface area contributed by atoms with Gasteiger partial charge in [-0.2, -0.15) is 13.2 Å². The molecule has 0 spiro atoms. The average molecular weight is 674 g/mol. The first-order valence-corrected chi connectivity index (χ1v) is 14.9. The van der Waals surface area contributed by atoms with Crippen LogP contribution in [0.25, 0.3) is 11.1 Å². The minimum atomic E-state index is -5.07. The van der Waals surface area contributed by atoms with Gasteiger partial charge < -0.3 is 4.74 Å². The molecule has 1 aromatic heterocycles. The molecular weight excluding hydrogens is 655 g/mol. The largest absolute Gasteiger partial charge is 0.573 e. The number of rotatable bonds is 6. The van der Waals surface area contributed by atoms with Crippen molar-refractivity contribution in [2.75, 3.05) is 5.75 Å². The Kier molecular flexibility index (Phi) is 8.85. The van der Waals surface area contributed by atoms with Crippen molar-refractivity contribution in [1.82, 2.24) is 4.57 Å². The van der Waals surface area contributed by atoms with Crippen LogP contribution >= 0.6 is 35.1 Å². The number of ether oxygens (including phenoxy) is 1. The second-order valence-corrected chi connectivity index (χ2v) is 12.1. The summed E-state index contributed by atoms with van der Waals surface area (Å²) >= 11 is 8.26. The van der Waals surface area contributed by atoms with Crippen molar-refractivity contribution in [3.8, 4) is 16.9 Å². The van der Waals surface area contributed by atoms with Crippen LogP contribution in [0.3, 0.4) is 0 Å². The number of halogens is 8. The molecule has 0 bridgehead atoms. The van der Waals surface area contributed by atoms with Gasteiger partial charge in [0.05, 0.1) is 16.2 Å². The molecule has 4 nitrogen and oxygen atoms in total. The number of carbonyl (C=O) groups excluding carboxylic acids is 1. The lowest BCUT2D eigenvalue weighted by Gasteiger charge is -2.22. The molecule has 0 saturated carbocycles. The van der Waals surface area contributed by atoms with Gasteiger partial charge in [0.1, 0.15) is 17.6 Å². The molecule has 2 heterocycles. The van der Waals surface area contributed by atoms with E-state index in [1.54, 1.807) is 30.3 Å². The molecular formula is C30H19ClF7NO3S2. The second kappa shape index (κ2) is 12.2. The smallest absolute Gasteiger partial charge is 0.406 e. The zero-order valence-corrected chi connectivity index (χ0v) is 24.7. The maximum atomic E-state index is 15.0. The Morgan fingerprint density at radius 2 is 1.73 bits per heavy atom. The fraction of sp³-hybridized carbons (Fsp3) is 0.200. The number of carbonyl (C=O) groups is 1. The van der Waals surface area contributed by atoms with E-state index in [2.05, 4.69) is 4.74 Å². The van der Waals surface area contributed by atoms with Gasteiger partial charge in [-0.3, -0.25) is 14.2 Å². The third-order valence-corrected chi connectivity index (χ3v) is 9.39. The molecule has 1 aliphatic heterocycles. The van der Waals surface area contributed by atoms with Crippen molar-refractivity contribution in [2.45, 2.75) is 41.8 Å². The lowest BCUT2D eigenvalue weighted by molar-refractivity contribution is -0.274. The minimum absolute atomic E-state index is 0.0398. The van der Waals surface area contributed by atoms with Crippen LogP contribution in [0.2, 0.25) is 5.02 Å². The summed E-state index contributed by atoms with van der Waals surface area (Å²) in [6, 6.07) is 12.9. The van der Waals surface area contributed by atoms with Crippen LogP contribution in [0.15, 0.2) is 81.4 Å². The minimum Gasteiger partial charge on any atom is -0.406 e. The summed E-state index contributed by atoms with van der Waals surface area (Å²) in [4.78, 5) is 28.1. The molecule has 1 atom stereocenters. The predicted octanol–water partition coefficient (Wildman–Crippen LogP) is 9.09. The molecule has 14 heteroatoms. The molecule has 0 saturated heterocycles. The number of fused-ring (bicyclic) bond motifs is 1.